The topological polar surface area (TPSA) is 165 Å². The number of ketones is 2. The summed E-state index contributed by atoms with van der Waals surface area (Å²) in [5.74, 6) is -6.51. The van der Waals surface area contributed by atoms with Gasteiger partial charge < -0.3 is 26.2 Å². The van der Waals surface area contributed by atoms with Gasteiger partial charge in [0.25, 0.3) is 5.91 Å². The Bertz CT molecular complexity index is 1360. The van der Waals surface area contributed by atoms with E-state index in [0.29, 0.717) is 28.7 Å². The molecule has 1 aromatic carbocycles. The van der Waals surface area contributed by atoms with Crippen LogP contribution < -0.4 is 5.73 Å². The lowest BCUT2D eigenvalue weighted by molar-refractivity contribution is -0.144. The van der Waals surface area contributed by atoms with Crippen LogP contribution in [0.15, 0.2) is 28.7 Å². The summed E-state index contributed by atoms with van der Waals surface area (Å²) in [6.45, 7) is 7.30. The highest BCUT2D eigenvalue weighted by molar-refractivity contribution is 6.33. The van der Waals surface area contributed by atoms with Crippen molar-refractivity contribution in [3.63, 3.8) is 0 Å². The van der Waals surface area contributed by atoms with Gasteiger partial charge in [0.05, 0.1) is 12.2 Å². The van der Waals surface area contributed by atoms with Crippen LogP contribution in [0.3, 0.4) is 0 Å². The Labute approximate surface area is 237 Å². The maximum Gasteiger partial charge on any atom is 0.255 e. The summed E-state index contributed by atoms with van der Waals surface area (Å²) in [6, 6.07) is 2.01. The van der Waals surface area contributed by atoms with Crippen molar-refractivity contribution in [2.75, 3.05) is 19.8 Å². The van der Waals surface area contributed by atoms with Crippen molar-refractivity contribution in [3.8, 4) is 5.75 Å². The van der Waals surface area contributed by atoms with Crippen molar-refractivity contribution < 1.29 is 34.8 Å². The number of nitrogens with two attached hydrogens (primary N) is 1. The van der Waals surface area contributed by atoms with Crippen LogP contribution in [0.2, 0.25) is 5.02 Å². The fourth-order valence-electron chi connectivity index (χ4n) is 7.14. The van der Waals surface area contributed by atoms with Crippen LogP contribution in [-0.2, 0) is 22.6 Å². The molecule has 6 N–H and O–H groups in total. The number of Topliss-reactive ketones (excluding diaryl/α,β-unsaturated/α-hetero) is 2. The molecule has 0 saturated carbocycles. The number of aromatic hydroxyl groups is 1. The smallest absolute Gasteiger partial charge is 0.255 e. The lowest BCUT2D eigenvalue weighted by Crippen LogP contribution is -2.57. The average molecular weight is 574 g/mol. The number of phenols is 1. The van der Waals surface area contributed by atoms with E-state index >= 15 is 0 Å². The Hall–Kier alpha value is -2.92. The Morgan fingerprint density at radius 3 is 2.60 bits per heavy atom. The van der Waals surface area contributed by atoms with E-state index in [-0.39, 0.29) is 36.1 Å². The highest BCUT2D eigenvalue weighted by atomic mass is 35.5. The third-order valence-electron chi connectivity index (χ3n) is 9.26. The van der Waals surface area contributed by atoms with Gasteiger partial charge in [0.1, 0.15) is 22.8 Å². The molecule has 0 spiro atoms. The van der Waals surface area contributed by atoms with Crippen molar-refractivity contribution in [2.24, 2.45) is 17.6 Å². The van der Waals surface area contributed by atoms with Gasteiger partial charge in [-0.2, -0.15) is 0 Å². The number of fused-ring (bicyclic) bond motifs is 3. The normalized spacial score (nSPS) is 28.7. The summed E-state index contributed by atoms with van der Waals surface area (Å²) < 4.78 is 0. The minimum atomic E-state index is -2.58. The van der Waals surface area contributed by atoms with E-state index in [1.807, 2.05) is 0 Å². The molecule has 40 heavy (non-hydrogen) atoms. The first-order valence-electron chi connectivity index (χ1n) is 13.9. The molecule has 1 fully saturated rings. The van der Waals surface area contributed by atoms with Gasteiger partial charge in [-0.25, -0.2) is 0 Å². The van der Waals surface area contributed by atoms with Crippen molar-refractivity contribution in [1.82, 2.24) is 9.80 Å². The van der Waals surface area contributed by atoms with Gasteiger partial charge in [-0.15, -0.1) is 0 Å². The molecule has 10 nitrogen and oxygen atoms in total. The number of hydrogen-bond donors (Lipinski definition) is 5. The van der Waals surface area contributed by atoms with Crippen LogP contribution in [0, 0.1) is 11.8 Å². The Kier molecular flexibility index (Phi) is 7.50. The molecule has 1 saturated heterocycles. The number of aliphatic hydroxyl groups excluding tert-OH is 2. The van der Waals surface area contributed by atoms with E-state index in [0.717, 1.165) is 26.2 Å². The van der Waals surface area contributed by atoms with Gasteiger partial charge in [0, 0.05) is 35.5 Å². The number of aliphatic hydroxyl groups is 3. The number of benzene rings is 1. The fraction of sp³-hybridized carbons (Fsp3) is 0.552. The molecule has 216 valence electrons. The summed E-state index contributed by atoms with van der Waals surface area (Å²) in [4.78, 5) is 43.3. The van der Waals surface area contributed by atoms with Crippen molar-refractivity contribution in [1.29, 1.82) is 0 Å². The zero-order chi connectivity index (χ0) is 29.1. The van der Waals surface area contributed by atoms with Gasteiger partial charge in [-0.1, -0.05) is 25.4 Å². The number of allylic oxidation sites excluding steroid dienone is 2. The minimum Gasteiger partial charge on any atom is -0.511 e. The number of primary amides is 1. The summed E-state index contributed by atoms with van der Waals surface area (Å²) in [7, 11) is 0. The second-order valence-corrected chi connectivity index (χ2v) is 11.8. The number of amides is 1. The number of halogens is 1. The van der Waals surface area contributed by atoms with Crippen LogP contribution in [0.1, 0.15) is 67.4 Å². The third-order valence-corrected chi connectivity index (χ3v) is 9.73. The summed E-state index contributed by atoms with van der Waals surface area (Å²) in [5.41, 5.74) is 2.75. The SMILES string of the molecule is CCC1CCCN1CN(CC)Cc1cc(O)c2c(c1Cl)CC1C[C@H]3CC(O)=C(C(N)=O)C(=O)[C@@]3(O)C(O)=C1C2=O. The van der Waals surface area contributed by atoms with Gasteiger partial charge >= 0.3 is 0 Å². The molecular weight excluding hydrogens is 538 g/mol. The van der Waals surface area contributed by atoms with Crippen molar-refractivity contribution >= 4 is 29.1 Å². The Morgan fingerprint density at radius 1 is 1.23 bits per heavy atom. The lowest BCUT2D eigenvalue weighted by Gasteiger charge is -2.45. The quantitative estimate of drug-likeness (QED) is 0.308. The van der Waals surface area contributed by atoms with Crippen LogP contribution in [0.5, 0.6) is 5.75 Å². The zero-order valence-corrected chi connectivity index (χ0v) is 23.5. The summed E-state index contributed by atoms with van der Waals surface area (Å²) >= 11 is 6.89. The first kappa shape index (κ1) is 28.6. The molecule has 5 rings (SSSR count). The molecule has 1 amide bonds. The zero-order valence-electron chi connectivity index (χ0n) is 22.7. The van der Waals surface area contributed by atoms with Crippen LogP contribution in [0.25, 0.3) is 0 Å². The minimum absolute atomic E-state index is 0.0681. The molecule has 0 aromatic heterocycles. The lowest BCUT2D eigenvalue weighted by atomic mass is 9.60. The third kappa shape index (κ3) is 4.32. The Balaban J connectivity index is 1.49. The summed E-state index contributed by atoms with van der Waals surface area (Å²) in [5, 5.41) is 44.2. The number of phenolic OH excluding ortho intramolecular Hbond substituents is 1. The van der Waals surface area contributed by atoms with Crippen molar-refractivity contribution in [3.05, 3.63) is 50.4 Å². The number of hydrogen-bond acceptors (Lipinski definition) is 9. The van der Waals surface area contributed by atoms with Gasteiger partial charge in [-0.3, -0.25) is 24.2 Å². The van der Waals surface area contributed by atoms with Gasteiger partial charge in [0.2, 0.25) is 5.78 Å². The molecule has 2 unspecified atom stereocenters. The fourth-order valence-corrected chi connectivity index (χ4v) is 7.43. The second-order valence-electron chi connectivity index (χ2n) is 11.4. The molecule has 0 bridgehead atoms. The molecule has 1 heterocycles. The van der Waals surface area contributed by atoms with Crippen LogP contribution >= 0.6 is 11.6 Å². The largest absolute Gasteiger partial charge is 0.511 e. The van der Waals surface area contributed by atoms with E-state index in [4.69, 9.17) is 17.3 Å². The maximum absolute atomic E-state index is 13.7. The standard InChI is InChI=1S/C29H36ClN3O7/c1-3-17-6-5-7-33(17)13-32(4-2)12-15-10-19(34)22-18(24(15)30)9-14-8-16-11-20(35)23(28(31)39)27(38)29(16,40)26(37)21(14)25(22)36/h10,14,16-17,34-35,37,40H,3-9,11-13H2,1-2H3,(H2,31,39)/t14?,16-,17?,29-/m0/s1. The van der Waals surface area contributed by atoms with Crippen LogP contribution in [0.4, 0.5) is 0 Å². The molecule has 1 aromatic rings. The maximum atomic E-state index is 13.7. The first-order chi connectivity index (χ1) is 18.9. The predicted molar refractivity (Wildman–Crippen MR) is 147 cm³/mol. The summed E-state index contributed by atoms with van der Waals surface area (Å²) in [6.07, 6.45) is 3.42. The van der Waals surface area contributed by atoms with E-state index in [1.54, 1.807) is 0 Å². The number of likely N-dealkylation sites (tertiary alicyclic amines) is 1. The number of rotatable bonds is 7. The van der Waals surface area contributed by atoms with Gasteiger partial charge in [0.15, 0.2) is 11.4 Å². The first-order valence-corrected chi connectivity index (χ1v) is 14.3. The van der Waals surface area contributed by atoms with E-state index in [9.17, 15) is 34.8 Å². The number of nitrogens with zero attached hydrogens (tertiary/aromatic N) is 2. The molecule has 1 aliphatic heterocycles. The molecular formula is C29H36ClN3O7. The Morgan fingerprint density at radius 2 is 1.95 bits per heavy atom. The number of carbonyl (C=O) groups excluding carboxylic acids is 3. The second kappa shape index (κ2) is 10.5. The molecule has 0 radical (unpaired) electrons. The molecule has 4 aliphatic rings. The highest BCUT2D eigenvalue weighted by Crippen LogP contribution is 2.52. The van der Waals surface area contributed by atoms with E-state index in [1.165, 1.54) is 18.9 Å². The average Bonchev–Trinajstić information content (AvgIpc) is 3.35. The molecule has 11 heteroatoms. The van der Waals surface area contributed by atoms with Crippen LogP contribution in [-0.4, -0.2) is 79.1 Å². The monoisotopic (exact) mass is 573 g/mol. The van der Waals surface area contributed by atoms with Crippen molar-refractivity contribution in [2.45, 2.75) is 70.6 Å². The van der Waals surface area contributed by atoms with E-state index < -0.39 is 52.0 Å². The molecule has 4 atom stereocenters. The van der Waals surface area contributed by atoms with E-state index in [2.05, 4.69) is 23.6 Å². The van der Waals surface area contributed by atoms with Gasteiger partial charge in [-0.05, 0) is 68.3 Å². The number of carbonyl (C=O) groups is 3. The molecule has 3 aliphatic carbocycles. The predicted octanol–water partition coefficient (Wildman–Crippen LogP) is 2.89. The highest BCUT2D eigenvalue weighted by Gasteiger charge is 2.59.